The summed E-state index contributed by atoms with van der Waals surface area (Å²) in [4.78, 5) is 11.7. The molecule has 0 aliphatic carbocycles. The summed E-state index contributed by atoms with van der Waals surface area (Å²) in [7, 11) is 0. The van der Waals surface area contributed by atoms with Gasteiger partial charge >= 0.3 is 5.97 Å². The minimum absolute atomic E-state index is 0.0232. The number of esters is 1. The van der Waals surface area contributed by atoms with Crippen molar-refractivity contribution in [3.8, 4) is 5.75 Å². The Morgan fingerprint density at radius 2 is 1.81 bits per heavy atom. The number of hydrogen-bond donors (Lipinski definition) is 4. The van der Waals surface area contributed by atoms with E-state index in [1.54, 1.807) is 12.1 Å². The Hall–Kier alpha value is -1.67. The summed E-state index contributed by atoms with van der Waals surface area (Å²) in [6.45, 7) is -0.250. The summed E-state index contributed by atoms with van der Waals surface area (Å²) >= 11 is 0. The highest BCUT2D eigenvalue weighted by Gasteiger charge is 2.61. The van der Waals surface area contributed by atoms with Crippen molar-refractivity contribution in [1.29, 1.82) is 0 Å². The largest absolute Gasteiger partial charge is 0.508 e. The molecule has 1 aromatic carbocycles. The smallest absolute Gasteiger partial charge is 0.309 e. The van der Waals surface area contributed by atoms with Crippen LogP contribution >= 0.6 is 0 Å². The number of aliphatic hydroxyl groups excluding tert-OH is 3. The van der Waals surface area contributed by atoms with Crippen LogP contribution in [0.25, 0.3) is 0 Å². The minimum atomic E-state index is -1.72. The SMILES string of the molecule is O=C1C[C@@H](c2ccc(O)cc2)[C@@]2(OC[C@@H](O)[C@H](O)[C@H]2O)O1. The van der Waals surface area contributed by atoms with Gasteiger partial charge in [0.2, 0.25) is 5.79 Å². The normalized spacial score (nSPS) is 39.5. The molecule has 0 aromatic heterocycles. The predicted octanol–water partition coefficient (Wildman–Crippen LogP) is -0.768. The average Bonchev–Trinajstić information content (AvgIpc) is 2.80. The third-order valence-corrected chi connectivity index (χ3v) is 4.03. The first kappa shape index (κ1) is 14.3. The molecule has 2 aliphatic rings. The van der Waals surface area contributed by atoms with E-state index >= 15 is 0 Å². The molecular weight excluding hydrogens is 280 g/mol. The maximum absolute atomic E-state index is 11.7. The quantitative estimate of drug-likeness (QED) is 0.503. The van der Waals surface area contributed by atoms with Gasteiger partial charge < -0.3 is 29.9 Å². The zero-order valence-electron chi connectivity index (χ0n) is 11.0. The Bertz CT molecular complexity index is 543. The van der Waals surface area contributed by atoms with Crippen LogP contribution < -0.4 is 0 Å². The van der Waals surface area contributed by atoms with Crippen LogP contribution in [-0.4, -0.2) is 57.1 Å². The number of aliphatic hydroxyl groups is 3. The van der Waals surface area contributed by atoms with Gasteiger partial charge in [0.05, 0.1) is 18.9 Å². The lowest BCUT2D eigenvalue weighted by atomic mass is 9.82. The molecule has 2 aliphatic heterocycles. The summed E-state index contributed by atoms with van der Waals surface area (Å²) < 4.78 is 10.6. The molecule has 0 radical (unpaired) electrons. The second kappa shape index (κ2) is 4.96. The third kappa shape index (κ3) is 2.18. The van der Waals surface area contributed by atoms with Crippen LogP contribution in [0.5, 0.6) is 5.75 Å². The molecule has 5 atom stereocenters. The summed E-state index contributed by atoms with van der Waals surface area (Å²) in [5, 5.41) is 39.0. The summed E-state index contributed by atoms with van der Waals surface area (Å²) in [6.07, 6.45) is -4.30. The maximum Gasteiger partial charge on any atom is 0.309 e. The van der Waals surface area contributed by atoms with Gasteiger partial charge in [-0.3, -0.25) is 4.79 Å². The van der Waals surface area contributed by atoms with Crippen molar-refractivity contribution >= 4 is 5.97 Å². The lowest BCUT2D eigenvalue weighted by molar-refractivity contribution is -0.320. The maximum atomic E-state index is 11.7. The van der Waals surface area contributed by atoms with Gasteiger partial charge in [-0.2, -0.15) is 0 Å². The Labute approximate surface area is 120 Å². The highest BCUT2D eigenvalue weighted by Crippen LogP contribution is 2.47. The average molecular weight is 296 g/mol. The Morgan fingerprint density at radius 1 is 1.14 bits per heavy atom. The molecule has 0 bridgehead atoms. The standard InChI is InChI=1S/C14H16O7/c15-8-3-1-7(2-4-8)9-5-11(17)21-14(9)13(19)12(18)10(16)6-20-14/h1-4,9-10,12-13,15-16,18-19H,5-6H2/t9-,10+,12-,13+,14+/m0/s1. The second-order valence-electron chi connectivity index (χ2n) is 5.36. The first-order valence-corrected chi connectivity index (χ1v) is 6.63. The number of phenolic OH excluding ortho intramolecular Hbond substituents is 1. The van der Waals surface area contributed by atoms with Gasteiger partial charge in [0.15, 0.2) is 0 Å². The van der Waals surface area contributed by atoms with E-state index in [-0.39, 0.29) is 18.8 Å². The molecule has 0 saturated carbocycles. The van der Waals surface area contributed by atoms with Gasteiger partial charge in [0.25, 0.3) is 0 Å². The van der Waals surface area contributed by atoms with Crippen LogP contribution in [0.2, 0.25) is 0 Å². The number of hydrogen-bond acceptors (Lipinski definition) is 7. The molecule has 21 heavy (non-hydrogen) atoms. The number of carbonyl (C=O) groups excluding carboxylic acids is 1. The van der Waals surface area contributed by atoms with Crippen LogP contribution in [0.15, 0.2) is 24.3 Å². The molecule has 0 amide bonds. The van der Waals surface area contributed by atoms with Crippen LogP contribution in [0.3, 0.4) is 0 Å². The fraction of sp³-hybridized carbons (Fsp3) is 0.500. The fourth-order valence-electron chi connectivity index (χ4n) is 2.90. The molecule has 2 saturated heterocycles. The highest BCUT2D eigenvalue weighted by atomic mass is 16.7. The van der Waals surface area contributed by atoms with E-state index in [0.717, 1.165) is 0 Å². The summed E-state index contributed by atoms with van der Waals surface area (Å²) in [5.41, 5.74) is 0.626. The number of carbonyl (C=O) groups is 1. The Kier molecular flexibility index (Phi) is 3.37. The van der Waals surface area contributed by atoms with E-state index in [2.05, 4.69) is 0 Å². The van der Waals surface area contributed by atoms with Crippen molar-refractivity contribution in [2.45, 2.75) is 36.4 Å². The minimum Gasteiger partial charge on any atom is -0.508 e. The molecule has 7 nitrogen and oxygen atoms in total. The zero-order chi connectivity index (χ0) is 15.2. The molecule has 4 N–H and O–H groups in total. The first-order valence-electron chi connectivity index (χ1n) is 6.63. The van der Waals surface area contributed by atoms with E-state index in [4.69, 9.17) is 9.47 Å². The van der Waals surface area contributed by atoms with E-state index in [0.29, 0.717) is 5.56 Å². The van der Waals surface area contributed by atoms with Crippen LogP contribution in [0.4, 0.5) is 0 Å². The summed E-state index contributed by atoms with van der Waals surface area (Å²) in [5.74, 6) is -2.84. The Morgan fingerprint density at radius 3 is 2.48 bits per heavy atom. The fourth-order valence-corrected chi connectivity index (χ4v) is 2.90. The van der Waals surface area contributed by atoms with Gasteiger partial charge in [0.1, 0.15) is 24.1 Å². The monoisotopic (exact) mass is 296 g/mol. The molecule has 3 rings (SSSR count). The van der Waals surface area contributed by atoms with Crippen molar-refractivity contribution in [1.82, 2.24) is 0 Å². The number of benzene rings is 1. The molecule has 114 valence electrons. The number of ether oxygens (including phenoxy) is 2. The third-order valence-electron chi connectivity index (χ3n) is 4.03. The van der Waals surface area contributed by atoms with E-state index < -0.39 is 36.0 Å². The predicted molar refractivity (Wildman–Crippen MR) is 68.3 cm³/mol. The zero-order valence-corrected chi connectivity index (χ0v) is 11.0. The van der Waals surface area contributed by atoms with E-state index in [9.17, 15) is 25.2 Å². The van der Waals surface area contributed by atoms with Gasteiger partial charge in [0, 0.05) is 0 Å². The van der Waals surface area contributed by atoms with Crippen molar-refractivity contribution in [3.63, 3.8) is 0 Å². The van der Waals surface area contributed by atoms with Crippen LogP contribution in [-0.2, 0) is 14.3 Å². The van der Waals surface area contributed by atoms with Crippen LogP contribution in [0, 0.1) is 0 Å². The molecule has 0 unspecified atom stereocenters. The topological polar surface area (TPSA) is 116 Å². The first-order chi connectivity index (χ1) is 9.94. The summed E-state index contributed by atoms with van der Waals surface area (Å²) in [6, 6.07) is 6.09. The Balaban J connectivity index is 1.99. The molecule has 7 heteroatoms. The van der Waals surface area contributed by atoms with Crippen molar-refractivity contribution in [3.05, 3.63) is 29.8 Å². The van der Waals surface area contributed by atoms with Crippen LogP contribution in [0.1, 0.15) is 17.9 Å². The molecule has 1 spiro atoms. The van der Waals surface area contributed by atoms with Gasteiger partial charge in [-0.25, -0.2) is 0 Å². The molecule has 1 aromatic rings. The van der Waals surface area contributed by atoms with E-state index in [1.165, 1.54) is 12.1 Å². The van der Waals surface area contributed by atoms with Gasteiger partial charge in [-0.05, 0) is 17.7 Å². The second-order valence-corrected chi connectivity index (χ2v) is 5.36. The number of phenols is 1. The molecule has 2 heterocycles. The van der Waals surface area contributed by atoms with E-state index in [1.807, 2.05) is 0 Å². The van der Waals surface area contributed by atoms with Gasteiger partial charge in [-0.15, -0.1) is 0 Å². The molecular formula is C14H16O7. The van der Waals surface area contributed by atoms with Crippen molar-refractivity contribution < 1.29 is 34.7 Å². The van der Waals surface area contributed by atoms with Crippen molar-refractivity contribution in [2.75, 3.05) is 6.61 Å². The number of aromatic hydroxyl groups is 1. The molecule has 2 fully saturated rings. The van der Waals surface area contributed by atoms with Gasteiger partial charge in [-0.1, -0.05) is 12.1 Å². The van der Waals surface area contributed by atoms with Crippen molar-refractivity contribution in [2.24, 2.45) is 0 Å². The highest BCUT2D eigenvalue weighted by molar-refractivity contribution is 5.74. The lowest BCUT2D eigenvalue weighted by Gasteiger charge is -2.44. The number of rotatable bonds is 1. The lowest BCUT2D eigenvalue weighted by Crippen LogP contribution is -2.62.